The molecule has 1 aliphatic rings. The van der Waals surface area contributed by atoms with Crippen molar-refractivity contribution < 1.29 is 4.39 Å². The summed E-state index contributed by atoms with van der Waals surface area (Å²) in [6.45, 7) is 4.29. The Balaban J connectivity index is 2.11. The van der Waals surface area contributed by atoms with E-state index in [1.807, 2.05) is 13.0 Å². The van der Waals surface area contributed by atoms with Crippen molar-refractivity contribution in [2.75, 3.05) is 0 Å². The fourth-order valence-electron chi connectivity index (χ4n) is 3.02. The predicted octanol–water partition coefficient (Wildman–Crippen LogP) is 3.97. The van der Waals surface area contributed by atoms with E-state index in [0.29, 0.717) is 0 Å². The Morgan fingerprint density at radius 1 is 1.33 bits per heavy atom. The topological polar surface area (TPSA) is 26.0 Å². The molecule has 2 heteroatoms. The molecule has 2 atom stereocenters. The number of benzene rings is 1. The zero-order chi connectivity index (χ0) is 13.2. The van der Waals surface area contributed by atoms with Gasteiger partial charge in [0.05, 0.1) is 0 Å². The minimum absolute atomic E-state index is 0.0899. The lowest BCUT2D eigenvalue weighted by molar-refractivity contribution is 0.362. The van der Waals surface area contributed by atoms with Crippen LogP contribution in [0.3, 0.4) is 0 Å². The molecule has 2 N–H and O–H groups in total. The van der Waals surface area contributed by atoms with Gasteiger partial charge in [0, 0.05) is 5.54 Å². The first-order valence-electron chi connectivity index (χ1n) is 7.02. The Bertz CT molecular complexity index is 416. The van der Waals surface area contributed by atoms with E-state index < -0.39 is 0 Å². The molecule has 0 aliphatic heterocycles. The number of hydrogen-bond acceptors (Lipinski definition) is 1. The third kappa shape index (κ3) is 3.32. The lowest BCUT2D eigenvalue weighted by Gasteiger charge is -2.29. The van der Waals surface area contributed by atoms with Crippen LogP contribution in [0.4, 0.5) is 4.39 Å². The van der Waals surface area contributed by atoms with Crippen molar-refractivity contribution in [2.45, 2.75) is 57.9 Å². The maximum Gasteiger partial charge on any atom is 0.123 e. The second kappa shape index (κ2) is 5.40. The van der Waals surface area contributed by atoms with E-state index in [1.165, 1.54) is 24.8 Å². The smallest absolute Gasteiger partial charge is 0.123 e. The molecule has 0 saturated heterocycles. The standard InChI is InChI=1S/C16H24FN/c1-12-4-3-8-16(18,9-7-12)11-14-5-6-15(17)10-13(14)2/h5-6,10,12H,3-4,7-9,11,18H2,1-2H3. The van der Waals surface area contributed by atoms with Crippen molar-refractivity contribution in [1.29, 1.82) is 0 Å². The number of nitrogens with two attached hydrogens (primary N) is 1. The minimum atomic E-state index is -0.156. The molecule has 18 heavy (non-hydrogen) atoms. The first kappa shape index (κ1) is 13.5. The van der Waals surface area contributed by atoms with Crippen LogP contribution in [0.15, 0.2) is 18.2 Å². The second-order valence-corrected chi connectivity index (χ2v) is 6.15. The van der Waals surface area contributed by atoms with Crippen molar-refractivity contribution in [2.24, 2.45) is 11.7 Å². The SMILES string of the molecule is Cc1cc(F)ccc1CC1(N)CCCC(C)CC1. The number of aryl methyl sites for hydroxylation is 1. The van der Waals surface area contributed by atoms with Gasteiger partial charge in [-0.1, -0.05) is 25.8 Å². The molecule has 0 spiro atoms. The molecule has 2 unspecified atom stereocenters. The van der Waals surface area contributed by atoms with Gasteiger partial charge in [0.2, 0.25) is 0 Å². The van der Waals surface area contributed by atoms with Crippen LogP contribution in [-0.2, 0) is 6.42 Å². The quantitative estimate of drug-likeness (QED) is 0.788. The molecule has 0 amide bonds. The maximum atomic E-state index is 13.1. The van der Waals surface area contributed by atoms with Crippen molar-refractivity contribution >= 4 is 0 Å². The molecular weight excluding hydrogens is 225 g/mol. The van der Waals surface area contributed by atoms with Crippen LogP contribution in [-0.4, -0.2) is 5.54 Å². The van der Waals surface area contributed by atoms with Crippen LogP contribution < -0.4 is 5.73 Å². The summed E-state index contributed by atoms with van der Waals surface area (Å²) in [5.41, 5.74) is 8.70. The highest BCUT2D eigenvalue weighted by Gasteiger charge is 2.28. The van der Waals surface area contributed by atoms with Gasteiger partial charge in [-0.3, -0.25) is 0 Å². The van der Waals surface area contributed by atoms with E-state index >= 15 is 0 Å². The first-order chi connectivity index (χ1) is 8.48. The van der Waals surface area contributed by atoms with Gasteiger partial charge < -0.3 is 5.73 Å². The Labute approximate surface area is 110 Å². The third-order valence-corrected chi connectivity index (χ3v) is 4.35. The van der Waals surface area contributed by atoms with Crippen molar-refractivity contribution in [3.05, 3.63) is 35.1 Å². The molecule has 0 heterocycles. The van der Waals surface area contributed by atoms with Crippen LogP contribution in [0.25, 0.3) is 0 Å². The van der Waals surface area contributed by atoms with E-state index in [2.05, 4.69) is 6.92 Å². The number of rotatable bonds is 2. The lowest BCUT2D eigenvalue weighted by Crippen LogP contribution is -2.41. The first-order valence-corrected chi connectivity index (χ1v) is 7.02. The summed E-state index contributed by atoms with van der Waals surface area (Å²) in [5, 5.41) is 0. The highest BCUT2D eigenvalue weighted by Crippen LogP contribution is 2.31. The highest BCUT2D eigenvalue weighted by atomic mass is 19.1. The Kier molecular flexibility index (Phi) is 4.06. The van der Waals surface area contributed by atoms with Crippen molar-refractivity contribution in [3.8, 4) is 0 Å². The Morgan fingerprint density at radius 2 is 2.11 bits per heavy atom. The molecule has 1 aromatic carbocycles. The van der Waals surface area contributed by atoms with E-state index in [-0.39, 0.29) is 11.4 Å². The summed E-state index contributed by atoms with van der Waals surface area (Å²) in [6.07, 6.45) is 6.79. The number of halogens is 1. The summed E-state index contributed by atoms with van der Waals surface area (Å²) in [4.78, 5) is 0. The van der Waals surface area contributed by atoms with E-state index in [0.717, 1.165) is 30.7 Å². The van der Waals surface area contributed by atoms with Gasteiger partial charge in [0.1, 0.15) is 5.82 Å². The van der Waals surface area contributed by atoms with E-state index in [1.54, 1.807) is 12.1 Å². The third-order valence-electron chi connectivity index (χ3n) is 4.35. The molecule has 0 bridgehead atoms. The molecule has 0 aromatic heterocycles. The fourth-order valence-corrected chi connectivity index (χ4v) is 3.02. The van der Waals surface area contributed by atoms with Crippen LogP contribution in [0, 0.1) is 18.7 Å². The van der Waals surface area contributed by atoms with Crippen LogP contribution >= 0.6 is 0 Å². The summed E-state index contributed by atoms with van der Waals surface area (Å²) in [7, 11) is 0. The van der Waals surface area contributed by atoms with Gasteiger partial charge in [0.15, 0.2) is 0 Å². The molecule has 2 rings (SSSR count). The molecular formula is C16H24FN. The molecule has 1 fully saturated rings. The van der Waals surface area contributed by atoms with Gasteiger partial charge in [-0.2, -0.15) is 0 Å². The van der Waals surface area contributed by atoms with Gasteiger partial charge >= 0.3 is 0 Å². The van der Waals surface area contributed by atoms with Gasteiger partial charge in [-0.25, -0.2) is 4.39 Å². The molecule has 100 valence electrons. The minimum Gasteiger partial charge on any atom is -0.325 e. The van der Waals surface area contributed by atoms with Gasteiger partial charge in [-0.05, 0) is 61.8 Å². The van der Waals surface area contributed by atoms with Crippen LogP contribution in [0.5, 0.6) is 0 Å². The normalized spacial score (nSPS) is 29.0. The average molecular weight is 249 g/mol. The zero-order valence-corrected chi connectivity index (χ0v) is 11.5. The summed E-state index contributed by atoms with van der Waals surface area (Å²) in [5.74, 6) is 0.640. The largest absolute Gasteiger partial charge is 0.325 e. The monoisotopic (exact) mass is 249 g/mol. The summed E-state index contributed by atoms with van der Waals surface area (Å²) >= 11 is 0. The van der Waals surface area contributed by atoms with Crippen molar-refractivity contribution in [1.82, 2.24) is 0 Å². The molecule has 1 aromatic rings. The molecule has 1 nitrogen and oxygen atoms in total. The Morgan fingerprint density at radius 3 is 2.83 bits per heavy atom. The fraction of sp³-hybridized carbons (Fsp3) is 0.625. The Hall–Kier alpha value is -0.890. The van der Waals surface area contributed by atoms with Gasteiger partial charge in [-0.15, -0.1) is 0 Å². The molecule has 1 saturated carbocycles. The van der Waals surface area contributed by atoms with E-state index in [9.17, 15) is 4.39 Å². The second-order valence-electron chi connectivity index (χ2n) is 6.15. The lowest BCUT2D eigenvalue weighted by atomic mass is 9.83. The average Bonchev–Trinajstić information content (AvgIpc) is 2.46. The van der Waals surface area contributed by atoms with Crippen LogP contribution in [0.1, 0.15) is 50.2 Å². The van der Waals surface area contributed by atoms with Crippen LogP contribution in [0.2, 0.25) is 0 Å². The number of hydrogen-bond donors (Lipinski definition) is 1. The predicted molar refractivity (Wildman–Crippen MR) is 74.0 cm³/mol. The van der Waals surface area contributed by atoms with E-state index in [4.69, 9.17) is 5.73 Å². The van der Waals surface area contributed by atoms with Crippen molar-refractivity contribution in [3.63, 3.8) is 0 Å². The molecule has 0 radical (unpaired) electrons. The summed E-state index contributed by atoms with van der Waals surface area (Å²) in [6, 6.07) is 5.05. The molecule has 1 aliphatic carbocycles. The van der Waals surface area contributed by atoms with Gasteiger partial charge in [0.25, 0.3) is 0 Å². The summed E-state index contributed by atoms with van der Waals surface area (Å²) < 4.78 is 13.1. The highest BCUT2D eigenvalue weighted by molar-refractivity contribution is 5.28. The maximum absolute atomic E-state index is 13.1. The zero-order valence-electron chi connectivity index (χ0n) is 11.5.